The maximum Gasteiger partial charge on any atom is 0.416 e. The standard InChI is InChI=1S/C21H15F3N2O3/c22-21(23,24)15-5-7-16(8-6-15)26-20(28)14-3-11-18(12-4-14)29-17-9-1-13(2-10-17)19(25)27/h1-12H,(H2,25,27)(H,26,28). The molecule has 0 heterocycles. The molecule has 0 saturated heterocycles. The van der Waals surface area contributed by atoms with Crippen LogP contribution in [0.15, 0.2) is 72.8 Å². The molecule has 3 rings (SSSR count). The summed E-state index contributed by atoms with van der Waals surface area (Å²) in [6, 6.07) is 16.6. The van der Waals surface area contributed by atoms with Gasteiger partial charge in [0.15, 0.2) is 0 Å². The second kappa shape index (κ2) is 8.05. The maximum atomic E-state index is 12.6. The van der Waals surface area contributed by atoms with E-state index in [0.29, 0.717) is 22.6 Å². The fourth-order valence-corrected chi connectivity index (χ4v) is 2.44. The van der Waals surface area contributed by atoms with Crippen molar-refractivity contribution in [3.63, 3.8) is 0 Å². The van der Waals surface area contributed by atoms with Crippen LogP contribution in [-0.4, -0.2) is 11.8 Å². The SMILES string of the molecule is NC(=O)c1ccc(Oc2ccc(C(=O)Nc3ccc(C(F)(F)F)cc3)cc2)cc1. The van der Waals surface area contributed by atoms with Crippen molar-refractivity contribution in [1.82, 2.24) is 0 Å². The largest absolute Gasteiger partial charge is 0.457 e. The Balaban J connectivity index is 1.63. The maximum absolute atomic E-state index is 12.6. The van der Waals surface area contributed by atoms with Gasteiger partial charge in [0, 0.05) is 16.8 Å². The Bertz CT molecular complexity index is 1010. The van der Waals surface area contributed by atoms with E-state index in [0.717, 1.165) is 12.1 Å². The first kappa shape index (κ1) is 19.9. The molecule has 3 aromatic carbocycles. The minimum Gasteiger partial charge on any atom is -0.457 e. The molecule has 29 heavy (non-hydrogen) atoms. The second-order valence-electron chi connectivity index (χ2n) is 6.04. The molecule has 0 radical (unpaired) electrons. The average Bonchev–Trinajstić information content (AvgIpc) is 2.68. The molecule has 148 valence electrons. The van der Waals surface area contributed by atoms with Gasteiger partial charge in [0.25, 0.3) is 5.91 Å². The van der Waals surface area contributed by atoms with Crippen LogP contribution in [0.2, 0.25) is 0 Å². The Morgan fingerprint density at radius 3 is 1.69 bits per heavy atom. The highest BCUT2D eigenvalue weighted by molar-refractivity contribution is 6.04. The molecule has 0 aliphatic carbocycles. The van der Waals surface area contributed by atoms with E-state index in [1.165, 1.54) is 36.4 Å². The monoisotopic (exact) mass is 400 g/mol. The Kier molecular flexibility index (Phi) is 5.54. The summed E-state index contributed by atoms with van der Waals surface area (Å²) in [7, 11) is 0. The van der Waals surface area contributed by atoms with E-state index in [4.69, 9.17) is 10.5 Å². The summed E-state index contributed by atoms with van der Waals surface area (Å²) in [4.78, 5) is 23.3. The smallest absolute Gasteiger partial charge is 0.416 e. The third-order valence-electron chi connectivity index (χ3n) is 3.96. The topological polar surface area (TPSA) is 81.4 Å². The summed E-state index contributed by atoms with van der Waals surface area (Å²) in [5, 5.41) is 2.53. The predicted octanol–water partition coefficient (Wildman–Crippen LogP) is 4.85. The van der Waals surface area contributed by atoms with E-state index in [9.17, 15) is 22.8 Å². The summed E-state index contributed by atoms with van der Waals surface area (Å²) in [5.41, 5.74) is 5.29. The number of hydrogen-bond donors (Lipinski definition) is 2. The number of amides is 2. The highest BCUT2D eigenvalue weighted by atomic mass is 19.4. The number of alkyl halides is 3. The summed E-state index contributed by atoms with van der Waals surface area (Å²) >= 11 is 0. The van der Waals surface area contributed by atoms with Crippen LogP contribution in [0, 0.1) is 0 Å². The minimum atomic E-state index is -4.43. The van der Waals surface area contributed by atoms with Gasteiger partial charge in [0.05, 0.1) is 5.56 Å². The Hall–Kier alpha value is -3.81. The zero-order chi connectivity index (χ0) is 21.0. The van der Waals surface area contributed by atoms with Gasteiger partial charge in [-0.05, 0) is 72.8 Å². The molecular formula is C21H15F3N2O3. The molecule has 0 aromatic heterocycles. The molecule has 0 unspecified atom stereocenters. The zero-order valence-electron chi connectivity index (χ0n) is 14.9. The molecule has 0 bridgehead atoms. The molecular weight excluding hydrogens is 385 g/mol. The molecule has 3 aromatic rings. The first-order chi connectivity index (χ1) is 13.7. The van der Waals surface area contributed by atoms with Gasteiger partial charge in [-0.2, -0.15) is 13.2 Å². The van der Waals surface area contributed by atoms with Gasteiger partial charge in [-0.25, -0.2) is 0 Å². The third kappa shape index (κ3) is 5.13. The van der Waals surface area contributed by atoms with Gasteiger partial charge in [-0.3, -0.25) is 9.59 Å². The van der Waals surface area contributed by atoms with Crippen molar-refractivity contribution in [3.8, 4) is 11.5 Å². The summed E-state index contributed by atoms with van der Waals surface area (Å²) in [6.45, 7) is 0. The van der Waals surface area contributed by atoms with Crippen LogP contribution in [0.25, 0.3) is 0 Å². The fourth-order valence-electron chi connectivity index (χ4n) is 2.44. The molecule has 0 aliphatic rings. The molecule has 0 aliphatic heterocycles. The quantitative estimate of drug-likeness (QED) is 0.642. The zero-order valence-corrected chi connectivity index (χ0v) is 14.9. The minimum absolute atomic E-state index is 0.248. The number of benzene rings is 3. The number of nitrogens with two attached hydrogens (primary N) is 1. The van der Waals surface area contributed by atoms with E-state index < -0.39 is 23.6 Å². The number of carbonyl (C=O) groups excluding carboxylic acids is 2. The molecule has 0 atom stereocenters. The van der Waals surface area contributed by atoms with Gasteiger partial charge in [0.1, 0.15) is 11.5 Å². The average molecular weight is 400 g/mol. The number of rotatable bonds is 5. The van der Waals surface area contributed by atoms with Crippen LogP contribution >= 0.6 is 0 Å². The van der Waals surface area contributed by atoms with Gasteiger partial charge >= 0.3 is 6.18 Å². The fraction of sp³-hybridized carbons (Fsp3) is 0.0476. The molecule has 0 saturated carbocycles. The number of nitrogens with one attached hydrogen (secondary N) is 1. The lowest BCUT2D eigenvalue weighted by Crippen LogP contribution is -2.12. The first-order valence-electron chi connectivity index (χ1n) is 8.39. The number of halogens is 3. The van der Waals surface area contributed by atoms with Crippen molar-refractivity contribution in [2.75, 3.05) is 5.32 Å². The van der Waals surface area contributed by atoms with Crippen molar-refractivity contribution in [3.05, 3.63) is 89.5 Å². The molecule has 0 fully saturated rings. The lowest BCUT2D eigenvalue weighted by atomic mass is 10.1. The highest BCUT2D eigenvalue weighted by Gasteiger charge is 2.30. The molecule has 3 N–H and O–H groups in total. The van der Waals surface area contributed by atoms with E-state index in [1.54, 1.807) is 24.3 Å². The van der Waals surface area contributed by atoms with Gasteiger partial charge < -0.3 is 15.8 Å². The molecule has 5 nitrogen and oxygen atoms in total. The van der Waals surface area contributed by atoms with Crippen LogP contribution in [0.4, 0.5) is 18.9 Å². The van der Waals surface area contributed by atoms with E-state index in [2.05, 4.69) is 5.32 Å². The van der Waals surface area contributed by atoms with Gasteiger partial charge in [0.2, 0.25) is 5.91 Å². The second-order valence-corrected chi connectivity index (χ2v) is 6.04. The van der Waals surface area contributed by atoms with E-state index >= 15 is 0 Å². The number of carbonyl (C=O) groups is 2. The Morgan fingerprint density at radius 2 is 1.24 bits per heavy atom. The lowest BCUT2D eigenvalue weighted by Gasteiger charge is -2.10. The number of anilines is 1. The third-order valence-corrected chi connectivity index (χ3v) is 3.96. The van der Waals surface area contributed by atoms with E-state index in [1.807, 2.05) is 0 Å². The molecule has 2 amide bonds. The number of primary amides is 1. The van der Waals surface area contributed by atoms with Gasteiger partial charge in [-0.15, -0.1) is 0 Å². The normalized spacial score (nSPS) is 11.0. The van der Waals surface area contributed by atoms with Crippen LogP contribution in [0.1, 0.15) is 26.3 Å². The summed E-state index contributed by atoms with van der Waals surface area (Å²) in [6.07, 6.45) is -4.43. The van der Waals surface area contributed by atoms with Crippen LogP contribution in [0.5, 0.6) is 11.5 Å². The summed E-state index contributed by atoms with van der Waals surface area (Å²) in [5.74, 6) is -0.0676. The van der Waals surface area contributed by atoms with Crippen LogP contribution in [0.3, 0.4) is 0 Å². The van der Waals surface area contributed by atoms with Crippen LogP contribution in [-0.2, 0) is 6.18 Å². The van der Waals surface area contributed by atoms with Crippen molar-refractivity contribution in [1.29, 1.82) is 0 Å². The Morgan fingerprint density at radius 1 is 0.759 bits per heavy atom. The van der Waals surface area contributed by atoms with Crippen molar-refractivity contribution in [2.24, 2.45) is 5.73 Å². The first-order valence-corrected chi connectivity index (χ1v) is 8.39. The van der Waals surface area contributed by atoms with Crippen molar-refractivity contribution >= 4 is 17.5 Å². The Labute approximate surface area is 163 Å². The predicted molar refractivity (Wildman–Crippen MR) is 101 cm³/mol. The molecule has 8 heteroatoms. The molecule has 0 spiro atoms. The highest BCUT2D eigenvalue weighted by Crippen LogP contribution is 2.30. The lowest BCUT2D eigenvalue weighted by molar-refractivity contribution is -0.137. The van der Waals surface area contributed by atoms with E-state index in [-0.39, 0.29) is 5.69 Å². The number of ether oxygens (including phenoxy) is 1. The van der Waals surface area contributed by atoms with Gasteiger partial charge in [-0.1, -0.05) is 0 Å². The summed E-state index contributed by atoms with van der Waals surface area (Å²) < 4.78 is 43.4. The van der Waals surface area contributed by atoms with Crippen molar-refractivity contribution < 1.29 is 27.5 Å². The van der Waals surface area contributed by atoms with Crippen LogP contribution < -0.4 is 15.8 Å². The number of hydrogen-bond acceptors (Lipinski definition) is 3. The van der Waals surface area contributed by atoms with Crippen molar-refractivity contribution in [2.45, 2.75) is 6.18 Å².